The molecule has 1 rings (SSSR count). The van der Waals surface area contributed by atoms with Crippen LogP contribution < -0.4 is 5.32 Å². The van der Waals surface area contributed by atoms with Gasteiger partial charge in [0, 0.05) is 36.0 Å². The molecule has 0 aromatic carbocycles. The van der Waals surface area contributed by atoms with E-state index in [4.69, 9.17) is 5.11 Å². The summed E-state index contributed by atoms with van der Waals surface area (Å²) < 4.78 is 0. The standard InChI is InChI=1S/C11H20N2OS2/c1-3-11-13-7-10(16-11)6-12-9(4-5-14)8-15-2/h7,9,12,14H,3-6,8H2,1-2H3. The van der Waals surface area contributed by atoms with Gasteiger partial charge < -0.3 is 10.4 Å². The highest BCUT2D eigenvalue weighted by molar-refractivity contribution is 7.98. The number of nitrogens with one attached hydrogen (secondary N) is 1. The molecular weight excluding hydrogens is 240 g/mol. The second-order valence-electron chi connectivity index (χ2n) is 3.62. The van der Waals surface area contributed by atoms with E-state index in [-0.39, 0.29) is 6.61 Å². The van der Waals surface area contributed by atoms with Crippen molar-refractivity contribution >= 4 is 23.1 Å². The van der Waals surface area contributed by atoms with E-state index in [0.29, 0.717) is 6.04 Å². The highest BCUT2D eigenvalue weighted by Gasteiger charge is 2.07. The van der Waals surface area contributed by atoms with Gasteiger partial charge in [-0.3, -0.25) is 0 Å². The van der Waals surface area contributed by atoms with Crippen LogP contribution in [0.5, 0.6) is 0 Å². The highest BCUT2D eigenvalue weighted by atomic mass is 32.2. The second-order valence-corrected chi connectivity index (χ2v) is 5.73. The fraction of sp³-hybridized carbons (Fsp3) is 0.727. The van der Waals surface area contributed by atoms with Gasteiger partial charge in [0.2, 0.25) is 0 Å². The smallest absolute Gasteiger partial charge is 0.0925 e. The summed E-state index contributed by atoms with van der Waals surface area (Å²) in [7, 11) is 0. The van der Waals surface area contributed by atoms with Crippen LogP contribution in [0.25, 0.3) is 0 Å². The minimum absolute atomic E-state index is 0.251. The molecule has 1 aromatic rings. The molecule has 0 radical (unpaired) electrons. The largest absolute Gasteiger partial charge is 0.396 e. The number of aliphatic hydroxyl groups is 1. The average molecular weight is 260 g/mol. The zero-order chi connectivity index (χ0) is 11.8. The van der Waals surface area contributed by atoms with E-state index in [1.165, 1.54) is 9.88 Å². The van der Waals surface area contributed by atoms with Crippen LogP contribution in [0.1, 0.15) is 23.2 Å². The Kier molecular flexibility index (Phi) is 7.03. The van der Waals surface area contributed by atoms with Gasteiger partial charge in [-0.15, -0.1) is 11.3 Å². The lowest BCUT2D eigenvalue weighted by atomic mass is 10.2. The van der Waals surface area contributed by atoms with E-state index in [2.05, 4.69) is 23.5 Å². The Hall–Kier alpha value is -0.100. The Morgan fingerprint density at radius 3 is 3.00 bits per heavy atom. The number of aliphatic hydroxyl groups excluding tert-OH is 1. The van der Waals surface area contributed by atoms with Gasteiger partial charge in [0.15, 0.2) is 0 Å². The molecular formula is C11H20N2OS2. The number of hydrogen-bond donors (Lipinski definition) is 2. The summed E-state index contributed by atoms with van der Waals surface area (Å²) in [4.78, 5) is 5.61. The van der Waals surface area contributed by atoms with Gasteiger partial charge in [0.25, 0.3) is 0 Å². The maximum Gasteiger partial charge on any atom is 0.0925 e. The third kappa shape index (κ3) is 4.82. The van der Waals surface area contributed by atoms with Gasteiger partial charge in [-0.1, -0.05) is 6.92 Å². The van der Waals surface area contributed by atoms with E-state index in [1.807, 2.05) is 18.0 Å². The van der Waals surface area contributed by atoms with Crippen molar-refractivity contribution in [1.29, 1.82) is 0 Å². The first kappa shape index (κ1) is 14.0. The third-order valence-electron chi connectivity index (χ3n) is 2.31. The second kappa shape index (κ2) is 8.06. The molecule has 0 saturated heterocycles. The topological polar surface area (TPSA) is 45.2 Å². The lowest BCUT2D eigenvalue weighted by Gasteiger charge is -2.15. The molecule has 0 saturated carbocycles. The molecule has 0 amide bonds. The Morgan fingerprint density at radius 1 is 1.62 bits per heavy atom. The molecule has 1 atom stereocenters. The number of nitrogens with zero attached hydrogens (tertiary/aromatic N) is 1. The summed E-state index contributed by atoms with van der Waals surface area (Å²) in [6, 6.07) is 0.396. The highest BCUT2D eigenvalue weighted by Crippen LogP contribution is 2.13. The fourth-order valence-corrected chi connectivity index (χ4v) is 2.94. The van der Waals surface area contributed by atoms with Crippen LogP contribution in [-0.4, -0.2) is 34.7 Å². The van der Waals surface area contributed by atoms with Crippen LogP contribution in [-0.2, 0) is 13.0 Å². The molecule has 0 spiro atoms. The number of aryl methyl sites for hydroxylation is 1. The van der Waals surface area contributed by atoms with Crippen molar-refractivity contribution in [3.8, 4) is 0 Å². The van der Waals surface area contributed by atoms with Crippen molar-refractivity contribution in [2.75, 3.05) is 18.6 Å². The summed E-state index contributed by atoms with van der Waals surface area (Å²) in [5, 5.41) is 13.6. The first-order valence-electron chi connectivity index (χ1n) is 5.56. The maximum absolute atomic E-state index is 8.94. The third-order valence-corrected chi connectivity index (χ3v) is 4.19. The van der Waals surface area contributed by atoms with E-state index < -0.39 is 0 Å². The molecule has 0 aliphatic rings. The van der Waals surface area contributed by atoms with Crippen molar-refractivity contribution in [2.45, 2.75) is 32.4 Å². The van der Waals surface area contributed by atoms with Crippen LogP contribution in [0.4, 0.5) is 0 Å². The summed E-state index contributed by atoms with van der Waals surface area (Å²) in [6.45, 7) is 3.24. The summed E-state index contributed by atoms with van der Waals surface area (Å²) in [6.07, 6.45) is 5.87. The van der Waals surface area contributed by atoms with Gasteiger partial charge in [0.05, 0.1) is 5.01 Å². The SMILES string of the molecule is CCc1ncc(CNC(CCO)CSC)s1. The fourth-order valence-electron chi connectivity index (χ4n) is 1.44. The lowest BCUT2D eigenvalue weighted by Crippen LogP contribution is -2.31. The Morgan fingerprint density at radius 2 is 2.44 bits per heavy atom. The van der Waals surface area contributed by atoms with Crippen molar-refractivity contribution < 1.29 is 5.11 Å². The predicted molar refractivity (Wildman–Crippen MR) is 72.2 cm³/mol. The monoisotopic (exact) mass is 260 g/mol. The van der Waals surface area contributed by atoms with Gasteiger partial charge in [-0.05, 0) is 19.1 Å². The number of thiazole rings is 1. The molecule has 16 heavy (non-hydrogen) atoms. The summed E-state index contributed by atoms with van der Waals surface area (Å²) >= 11 is 3.58. The van der Waals surface area contributed by atoms with Crippen LogP contribution in [0, 0.1) is 0 Å². The number of rotatable bonds is 8. The van der Waals surface area contributed by atoms with Gasteiger partial charge >= 0.3 is 0 Å². The minimum Gasteiger partial charge on any atom is -0.396 e. The predicted octanol–water partition coefficient (Wildman–Crippen LogP) is 1.91. The summed E-state index contributed by atoms with van der Waals surface area (Å²) in [5.41, 5.74) is 0. The Labute approximate surface area is 106 Å². The van der Waals surface area contributed by atoms with E-state index in [9.17, 15) is 0 Å². The molecule has 92 valence electrons. The van der Waals surface area contributed by atoms with Gasteiger partial charge in [0.1, 0.15) is 0 Å². The molecule has 0 bridgehead atoms. The van der Waals surface area contributed by atoms with Gasteiger partial charge in [-0.25, -0.2) is 4.98 Å². The van der Waals surface area contributed by atoms with E-state index in [0.717, 1.165) is 25.1 Å². The van der Waals surface area contributed by atoms with Crippen molar-refractivity contribution in [1.82, 2.24) is 10.3 Å². The van der Waals surface area contributed by atoms with E-state index in [1.54, 1.807) is 11.3 Å². The molecule has 2 N–H and O–H groups in total. The molecule has 1 aromatic heterocycles. The maximum atomic E-state index is 8.94. The minimum atomic E-state index is 0.251. The molecule has 3 nitrogen and oxygen atoms in total. The molecule has 5 heteroatoms. The number of aromatic nitrogens is 1. The zero-order valence-corrected chi connectivity index (χ0v) is 11.5. The number of thioether (sulfide) groups is 1. The molecule has 1 unspecified atom stereocenters. The average Bonchev–Trinajstić information content (AvgIpc) is 2.74. The Bertz CT molecular complexity index is 285. The van der Waals surface area contributed by atoms with Crippen molar-refractivity contribution in [3.05, 3.63) is 16.1 Å². The Balaban J connectivity index is 2.35. The first-order chi connectivity index (χ1) is 7.80. The van der Waals surface area contributed by atoms with Crippen LogP contribution in [0.3, 0.4) is 0 Å². The van der Waals surface area contributed by atoms with E-state index >= 15 is 0 Å². The normalized spacial score (nSPS) is 12.9. The lowest BCUT2D eigenvalue weighted by molar-refractivity contribution is 0.270. The quantitative estimate of drug-likeness (QED) is 0.749. The number of hydrogen-bond acceptors (Lipinski definition) is 5. The van der Waals surface area contributed by atoms with Crippen molar-refractivity contribution in [2.24, 2.45) is 0 Å². The zero-order valence-electron chi connectivity index (χ0n) is 9.90. The first-order valence-corrected chi connectivity index (χ1v) is 7.78. The van der Waals surface area contributed by atoms with Gasteiger partial charge in [-0.2, -0.15) is 11.8 Å². The molecule has 1 heterocycles. The van der Waals surface area contributed by atoms with Crippen LogP contribution in [0.15, 0.2) is 6.20 Å². The van der Waals surface area contributed by atoms with Crippen molar-refractivity contribution in [3.63, 3.8) is 0 Å². The molecule has 0 fully saturated rings. The molecule has 0 aliphatic carbocycles. The van der Waals surface area contributed by atoms with Crippen LogP contribution >= 0.6 is 23.1 Å². The molecule has 0 aliphatic heterocycles. The van der Waals surface area contributed by atoms with Crippen LogP contribution in [0.2, 0.25) is 0 Å². The summed E-state index contributed by atoms with van der Waals surface area (Å²) in [5.74, 6) is 1.04.